The lowest BCUT2D eigenvalue weighted by atomic mass is 10.1. The maximum absolute atomic E-state index is 5.14. The van der Waals surface area contributed by atoms with E-state index in [9.17, 15) is 0 Å². The summed E-state index contributed by atoms with van der Waals surface area (Å²) in [6.07, 6.45) is 0. The summed E-state index contributed by atoms with van der Waals surface area (Å²) in [7, 11) is 0. The van der Waals surface area contributed by atoms with Gasteiger partial charge in [0.1, 0.15) is 5.76 Å². The fraction of sp³-hybridized carbons (Fsp3) is 0.308. The summed E-state index contributed by atoms with van der Waals surface area (Å²) >= 11 is 3.46. The third-order valence-corrected chi connectivity index (χ3v) is 3.32. The molecule has 0 aliphatic rings. The molecular formula is C13H15BrN2O. The molecule has 0 bridgehead atoms. The highest BCUT2D eigenvalue weighted by Crippen LogP contribution is 2.21. The average molecular weight is 295 g/mol. The molecule has 0 amide bonds. The summed E-state index contributed by atoms with van der Waals surface area (Å²) in [6.45, 7) is 6.72. The quantitative estimate of drug-likeness (QED) is 0.931. The lowest BCUT2D eigenvalue weighted by Crippen LogP contribution is -2.02. The summed E-state index contributed by atoms with van der Waals surface area (Å²) in [5.74, 6) is 0.879. The largest absolute Gasteiger partial charge is 0.381 e. The summed E-state index contributed by atoms with van der Waals surface area (Å²) < 4.78 is 6.23. The molecule has 0 spiro atoms. The minimum atomic E-state index is 0.740. The first kappa shape index (κ1) is 12.2. The van der Waals surface area contributed by atoms with Crippen LogP contribution in [-0.2, 0) is 6.54 Å². The first-order chi connectivity index (χ1) is 8.08. The second-order valence-electron chi connectivity index (χ2n) is 4.12. The van der Waals surface area contributed by atoms with Gasteiger partial charge in [-0.2, -0.15) is 0 Å². The van der Waals surface area contributed by atoms with Gasteiger partial charge in [0.05, 0.1) is 5.69 Å². The zero-order valence-corrected chi connectivity index (χ0v) is 11.8. The second-order valence-corrected chi connectivity index (χ2v) is 5.03. The van der Waals surface area contributed by atoms with Crippen LogP contribution in [-0.4, -0.2) is 5.16 Å². The van der Waals surface area contributed by atoms with E-state index in [-0.39, 0.29) is 0 Å². The smallest absolute Gasteiger partial charge is 0.138 e. The van der Waals surface area contributed by atoms with E-state index < -0.39 is 0 Å². The minimum absolute atomic E-state index is 0.740. The van der Waals surface area contributed by atoms with Crippen molar-refractivity contribution in [1.29, 1.82) is 0 Å². The van der Waals surface area contributed by atoms with E-state index in [4.69, 9.17) is 4.52 Å². The molecule has 0 saturated heterocycles. The minimum Gasteiger partial charge on any atom is -0.381 e. The standard InChI is InChI=1S/C13H15BrN2O/c1-8-6-11(14)4-5-13(8)15-7-12-9(2)16-17-10(12)3/h4-6,15H,7H2,1-3H3. The first-order valence-corrected chi connectivity index (χ1v) is 6.29. The van der Waals surface area contributed by atoms with Crippen molar-refractivity contribution in [3.05, 3.63) is 45.3 Å². The predicted octanol–water partition coefficient (Wildman–Crippen LogP) is 3.97. The van der Waals surface area contributed by atoms with Gasteiger partial charge in [-0.15, -0.1) is 0 Å². The Hall–Kier alpha value is -1.29. The number of rotatable bonds is 3. The molecule has 1 aromatic heterocycles. The topological polar surface area (TPSA) is 38.1 Å². The van der Waals surface area contributed by atoms with Gasteiger partial charge >= 0.3 is 0 Å². The molecule has 2 rings (SSSR count). The lowest BCUT2D eigenvalue weighted by molar-refractivity contribution is 0.392. The maximum atomic E-state index is 5.14. The van der Waals surface area contributed by atoms with Crippen molar-refractivity contribution in [3.63, 3.8) is 0 Å². The van der Waals surface area contributed by atoms with E-state index in [1.165, 1.54) is 5.56 Å². The molecule has 0 atom stereocenters. The molecule has 0 aliphatic carbocycles. The molecule has 1 heterocycles. The van der Waals surface area contributed by atoms with Crippen LogP contribution in [0.5, 0.6) is 0 Å². The number of nitrogens with one attached hydrogen (secondary N) is 1. The van der Waals surface area contributed by atoms with Crippen LogP contribution in [0.25, 0.3) is 0 Å². The van der Waals surface area contributed by atoms with Crippen molar-refractivity contribution in [3.8, 4) is 0 Å². The Morgan fingerprint density at radius 3 is 2.65 bits per heavy atom. The number of aryl methyl sites for hydroxylation is 3. The monoisotopic (exact) mass is 294 g/mol. The van der Waals surface area contributed by atoms with Crippen molar-refractivity contribution in [2.45, 2.75) is 27.3 Å². The van der Waals surface area contributed by atoms with Crippen LogP contribution >= 0.6 is 15.9 Å². The van der Waals surface area contributed by atoms with Crippen molar-refractivity contribution >= 4 is 21.6 Å². The van der Waals surface area contributed by atoms with E-state index in [2.05, 4.69) is 45.5 Å². The van der Waals surface area contributed by atoms with Gasteiger partial charge < -0.3 is 9.84 Å². The van der Waals surface area contributed by atoms with E-state index in [0.717, 1.165) is 33.7 Å². The van der Waals surface area contributed by atoms with Crippen molar-refractivity contribution in [2.75, 3.05) is 5.32 Å². The summed E-state index contributed by atoms with van der Waals surface area (Å²) in [5, 5.41) is 7.35. The van der Waals surface area contributed by atoms with Crippen LogP contribution in [0.1, 0.15) is 22.6 Å². The van der Waals surface area contributed by atoms with Gasteiger partial charge in [0.15, 0.2) is 0 Å². The fourth-order valence-electron chi connectivity index (χ4n) is 1.76. The summed E-state index contributed by atoms with van der Waals surface area (Å²) in [5.41, 5.74) is 4.43. The van der Waals surface area contributed by atoms with Crippen LogP contribution in [0.3, 0.4) is 0 Å². The molecule has 0 unspecified atom stereocenters. The van der Waals surface area contributed by atoms with Crippen molar-refractivity contribution < 1.29 is 4.52 Å². The van der Waals surface area contributed by atoms with Crippen LogP contribution in [0.15, 0.2) is 27.2 Å². The molecule has 0 aliphatic heterocycles. The Bertz CT molecular complexity index is 515. The predicted molar refractivity (Wildman–Crippen MR) is 72.2 cm³/mol. The SMILES string of the molecule is Cc1cc(Br)ccc1NCc1c(C)noc1C. The molecule has 1 aromatic carbocycles. The number of anilines is 1. The zero-order chi connectivity index (χ0) is 12.4. The molecule has 90 valence electrons. The molecule has 1 N–H and O–H groups in total. The Labute approximate surface area is 109 Å². The second kappa shape index (κ2) is 4.92. The maximum Gasteiger partial charge on any atom is 0.138 e. The Kier molecular flexibility index (Phi) is 3.52. The molecular weight excluding hydrogens is 280 g/mol. The van der Waals surface area contributed by atoms with Crippen LogP contribution < -0.4 is 5.32 Å². The summed E-state index contributed by atoms with van der Waals surface area (Å²) in [6, 6.07) is 6.19. The Morgan fingerprint density at radius 1 is 1.29 bits per heavy atom. The number of nitrogens with zero attached hydrogens (tertiary/aromatic N) is 1. The lowest BCUT2D eigenvalue weighted by Gasteiger charge is -2.09. The highest BCUT2D eigenvalue weighted by molar-refractivity contribution is 9.10. The molecule has 3 nitrogen and oxygen atoms in total. The molecule has 2 aromatic rings. The van der Waals surface area contributed by atoms with Crippen LogP contribution in [0, 0.1) is 20.8 Å². The number of hydrogen-bond donors (Lipinski definition) is 1. The first-order valence-electron chi connectivity index (χ1n) is 5.49. The van der Waals surface area contributed by atoms with Gasteiger partial charge in [-0.05, 0) is 44.5 Å². The summed E-state index contributed by atoms with van der Waals surface area (Å²) in [4.78, 5) is 0. The zero-order valence-electron chi connectivity index (χ0n) is 10.2. The van der Waals surface area contributed by atoms with E-state index in [0.29, 0.717) is 0 Å². The number of benzene rings is 1. The molecule has 0 radical (unpaired) electrons. The van der Waals surface area contributed by atoms with Crippen molar-refractivity contribution in [2.24, 2.45) is 0 Å². The number of aromatic nitrogens is 1. The van der Waals surface area contributed by atoms with E-state index in [1.54, 1.807) is 0 Å². The Balaban J connectivity index is 2.13. The van der Waals surface area contributed by atoms with E-state index in [1.807, 2.05) is 19.9 Å². The molecule has 17 heavy (non-hydrogen) atoms. The van der Waals surface area contributed by atoms with Gasteiger partial charge in [0.2, 0.25) is 0 Å². The fourth-order valence-corrected chi connectivity index (χ4v) is 2.24. The van der Waals surface area contributed by atoms with Gasteiger partial charge in [0.25, 0.3) is 0 Å². The normalized spacial score (nSPS) is 10.6. The van der Waals surface area contributed by atoms with Gasteiger partial charge in [-0.25, -0.2) is 0 Å². The van der Waals surface area contributed by atoms with Crippen LogP contribution in [0.2, 0.25) is 0 Å². The van der Waals surface area contributed by atoms with Crippen LogP contribution in [0.4, 0.5) is 5.69 Å². The molecule has 0 fully saturated rings. The van der Waals surface area contributed by atoms with Crippen molar-refractivity contribution in [1.82, 2.24) is 5.16 Å². The van der Waals surface area contributed by atoms with Gasteiger partial charge in [0, 0.05) is 22.3 Å². The molecule has 0 saturated carbocycles. The third kappa shape index (κ3) is 2.69. The highest BCUT2D eigenvalue weighted by Gasteiger charge is 2.08. The average Bonchev–Trinajstić information content (AvgIpc) is 2.58. The number of halogens is 1. The third-order valence-electron chi connectivity index (χ3n) is 2.83. The van der Waals surface area contributed by atoms with Gasteiger partial charge in [-0.1, -0.05) is 21.1 Å². The Morgan fingerprint density at radius 2 is 2.06 bits per heavy atom. The molecule has 4 heteroatoms. The van der Waals surface area contributed by atoms with E-state index >= 15 is 0 Å². The number of hydrogen-bond acceptors (Lipinski definition) is 3. The highest BCUT2D eigenvalue weighted by atomic mass is 79.9. The van der Waals surface area contributed by atoms with Gasteiger partial charge in [-0.3, -0.25) is 0 Å².